The molecule has 3 atom stereocenters. The molecule has 3 nitrogen and oxygen atoms in total. The Hall–Kier alpha value is -0.960. The third kappa shape index (κ3) is 1.42. The van der Waals surface area contributed by atoms with Gasteiger partial charge in [0.1, 0.15) is 0 Å². The van der Waals surface area contributed by atoms with Crippen LogP contribution in [-0.2, 0) is 0 Å². The van der Waals surface area contributed by atoms with E-state index in [4.69, 9.17) is 5.73 Å². The van der Waals surface area contributed by atoms with Crippen molar-refractivity contribution >= 4 is 0 Å². The van der Waals surface area contributed by atoms with Crippen LogP contribution >= 0.6 is 0 Å². The van der Waals surface area contributed by atoms with Gasteiger partial charge in [-0.2, -0.15) is 0 Å². The van der Waals surface area contributed by atoms with Crippen LogP contribution in [0.5, 0.6) is 0 Å². The van der Waals surface area contributed by atoms with Gasteiger partial charge in [-0.3, -0.25) is 9.97 Å². The van der Waals surface area contributed by atoms with Crippen LogP contribution in [0.25, 0.3) is 0 Å². The van der Waals surface area contributed by atoms with Crippen LogP contribution in [0.15, 0.2) is 12.4 Å². The van der Waals surface area contributed by atoms with E-state index in [1.807, 2.05) is 6.92 Å². The molecule has 0 saturated heterocycles. The molecule has 2 N–H and O–H groups in total. The van der Waals surface area contributed by atoms with Gasteiger partial charge < -0.3 is 5.73 Å². The number of aryl methyl sites for hydroxylation is 1. The SMILES string of the molecule is CCC1C(N)CC1c1nccnc1C. The van der Waals surface area contributed by atoms with Crippen LogP contribution in [0.3, 0.4) is 0 Å². The minimum Gasteiger partial charge on any atom is -0.327 e. The smallest absolute Gasteiger partial charge is 0.0650 e. The molecule has 3 unspecified atom stereocenters. The summed E-state index contributed by atoms with van der Waals surface area (Å²) in [7, 11) is 0. The van der Waals surface area contributed by atoms with E-state index in [0.717, 1.165) is 24.2 Å². The number of nitrogens with zero attached hydrogens (tertiary/aromatic N) is 2. The fourth-order valence-electron chi connectivity index (χ4n) is 2.43. The topological polar surface area (TPSA) is 51.8 Å². The van der Waals surface area contributed by atoms with Crippen LogP contribution in [0.2, 0.25) is 0 Å². The van der Waals surface area contributed by atoms with E-state index < -0.39 is 0 Å². The first-order valence-corrected chi connectivity index (χ1v) is 5.27. The second-order valence-electron chi connectivity index (χ2n) is 4.11. The van der Waals surface area contributed by atoms with Gasteiger partial charge in [-0.25, -0.2) is 0 Å². The van der Waals surface area contributed by atoms with Crippen molar-refractivity contribution in [2.45, 2.75) is 38.6 Å². The summed E-state index contributed by atoms with van der Waals surface area (Å²) in [5, 5.41) is 0. The highest BCUT2D eigenvalue weighted by Gasteiger charge is 2.39. The lowest BCUT2D eigenvalue weighted by molar-refractivity contribution is 0.193. The minimum absolute atomic E-state index is 0.367. The third-order valence-electron chi connectivity index (χ3n) is 3.33. The monoisotopic (exact) mass is 191 g/mol. The van der Waals surface area contributed by atoms with E-state index in [0.29, 0.717) is 17.9 Å². The third-order valence-corrected chi connectivity index (χ3v) is 3.33. The molecule has 0 aliphatic heterocycles. The molecule has 1 aromatic rings. The molecule has 2 rings (SSSR count). The van der Waals surface area contributed by atoms with Gasteiger partial charge in [-0.15, -0.1) is 0 Å². The highest BCUT2D eigenvalue weighted by atomic mass is 14.8. The van der Waals surface area contributed by atoms with Crippen molar-refractivity contribution in [3.05, 3.63) is 23.8 Å². The van der Waals surface area contributed by atoms with Crippen LogP contribution in [0.4, 0.5) is 0 Å². The van der Waals surface area contributed by atoms with Gasteiger partial charge in [0.2, 0.25) is 0 Å². The molecule has 1 aliphatic carbocycles. The van der Waals surface area contributed by atoms with Crippen LogP contribution in [-0.4, -0.2) is 16.0 Å². The van der Waals surface area contributed by atoms with Crippen molar-refractivity contribution < 1.29 is 0 Å². The van der Waals surface area contributed by atoms with E-state index in [-0.39, 0.29) is 0 Å². The molecule has 1 fully saturated rings. The fourth-order valence-corrected chi connectivity index (χ4v) is 2.43. The molecule has 0 radical (unpaired) electrons. The molecule has 1 saturated carbocycles. The molecule has 1 heterocycles. The summed E-state index contributed by atoms with van der Waals surface area (Å²) in [4.78, 5) is 8.69. The van der Waals surface area contributed by atoms with Gasteiger partial charge in [-0.1, -0.05) is 13.3 Å². The zero-order valence-electron chi connectivity index (χ0n) is 8.77. The van der Waals surface area contributed by atoms with E-state index in [1.165, 1.54) is 0 Å². The molecule has 0 spiro atoms. The summed E-state index contributed by atoms with van der Waals surface area (Å²) in [6.45, 7) is 4.22. The van der Waals surface area contributed by atoms with Crippen LogP contribution in [0.1, 0.15) is 37.1 Å². The first-order chi connectivity index (χ1) is 6.74. The zero-order chi connectivity index (χ0) is 10.1. The predicted molar refractivity (Wildman–Crippen MR) is 55.9 cm³/mol. The Bertz CT molecular complexity index is 324. The number of aromatic nitrogens is 2. The lowest BCUT2D eigenvalue weighted by atomic mass is 9.66. The van der Waals surface area contributed by atoms with Crippen molar-refractivity contribution in [3.63, 3.8) is 0 Å². The maximum atomic E-state index is 5.96. The van der Waals surface area contributed by atoms with Gasteiger partial charge in [0.05, 0.1) is 11.4 Å². The molecule has 0 amide bonds. The summed E-state index contributed by atoms with van der Waals surface area (Å²) in [6.07, 6.45) is 5.73. The van der Waals surface area contributed by atoms with Crippen molar-refractivity contribution in [2.75, 3.05) is 0 Å². The van der Waals surface area contributed by atoms with E-state index in [1.54, 1.807) is 12.4 Å². The van der Waals surface area contributed by atoms with Gasteiger partial charge >= 0.3 is 0 Å². The van der Waals surface area contributed by atoms with Gasteiger partial charge in [0.15, 0.2) is 0 Å². The summed E-state index contributed by atoms with van der Waals surface area (Å²) in [5.74, 6) is 1.15. The highest BCUT2D eigenvalue weighted by molar-refractivity contribution is 5.20. The van der Waals surface area contributed by atoms with Crippen molar-refractivity contribution in [1.29, 1.82) is 0 Å². The quantitative estimate of drug-likeness (QED) is 0.773. The minimum atomic E-state index is 0.367. The van der Waals surface area contributed by atoms with Crippen molar-refractivity contribution in [1.82, 2.24) is 9.97 Å². The standard InChI is InChI=1S/C11H17N3/c1-3-8-9(6-10(8)12)11-7(2)13-4-5-14-11/h4-5,8-10H,3,6,12H2,1-2H3. The molecule has 0 bridgehead atoms. The largest absolute Gasteiger partial charge is 0.327 e. The number of hydrogen-bond donors (Lipinski definition) is 1. The van der Waals surface area contributed by atoms with Gasteiger partial charge in [0, 0.05) is 24.4 Å². The molecule has 3 heteroatoms. The predicted octanol–water partition coefficient (Wildman–Crippen LogP) is 1.63. The summed E-state index contributed by atoms with van der Waals surface area (Å²) >= 11 is 0. The number of hydrogen-bond acceptors (Lipinski definition) is 3. The van der Waals surface area contributed by atoms with Crippen LogP contribution in [0, 0.1) is 12.8 Å². The molecule has 1 aliphatic rings. The molecule has 14 heavy (non-hydrogen) atoms. The van der Waals surface area contributed by atoms with Gasteiger partial charge in [-0.05, 0) is 19.3 Å². The van der Waals surface area contributed by atoms with Crippen molar-refractivity contribution in [3.8, 4) is 0 Å². The second kappa shape index (κ2) is 3.65. The Balaban J connectivity index is 2.21. The Morgan fingerprint density at radius 2 is 2.14 bits per heavy atom. The molecular weight excluding hydrogens is 174 g/mol. The Morgan fingerprint density at radius 3 is 2.71 bits per heavy atom. The number of rotatable bonds is 2. The zero-order valence-corrected chi connectivity index (χ0v) is 8.77. The summed E-state index contributed by atoms with van der Waals surface area (Å²) < 4.78 is 0. The van der Waals surface area contributed by atoms with E-state index in [9.17, 15) is 0 Å². The summed E-state index contributed by atoms with van der Waals surface area (Å²) in [6, 6.07) is 0.367. The summed E-state index contributed by atoms with van der Waals surface area (Å²) in [5.41, 5.74) is 8.17. The Morgan fingerprint density at radius 1 is 1.43 bits per heavy atom. The Kier molecular flexibility index (Phi) is 2.50. The lowest BCUT2D eigenvalue weighted by Crippen LogP contribution is -2.46. The molecule has 76 valence electrons. The first kappa shape index (κ1) is 9.59. The van der Waals surface area contributed by atoms with E-state index >= 15 is 0 Å². The fraction of sp³-hybridized carbons (Fsp3) is 0.636. The van der Waals surface area contributed by atoms with E-state index in [2.05, 4.69) is 16.9 Å². The highest BCUT2D eigenvalue weighted by Crippen LogP contribution is 2.43. The average Bonchev–Trinajstić information content (AvgIpc) is 2.16. The van der Waals surface area contributed by atoms with Crippen molar-refractivity contribution in [2.24, 2.45) is 11.7 Å². The molecule has 1 aromatic heterocycles. The lowest BCUT2D eigenvalue weighted by Gasteiger charge is -2.42. The second-order valence-corrected chi connectivity index (χ2v) is 4.11. The first-order valence-electron chi connectivity index (χ1n) is 5.27. The molecular formula is C11H17N3. The number of nitrogens with two attached hydrogens (primary N) is 1. The molecule has 0 aromatic carbocycles. The Labute approximate surface area is 84.8 Å². The average molecular weight is 191 g/mol. The normalized spacial score (nSPS) is 31.2. The van der Waals surface area contributed by atoms with Crippen LogP contribution < -0.4 is 5.73 Å². The maximum Gasteiger partial charge on any atom is 0.0650 e. The maximum absolute atomic E-state index is 5.96. The van der Waals surface area contributed by atoms with Gasteiger partial charge in [0.25, 0.3) is 0 Å².